The molecule has 1 saturated heterocycles. The Bertz CT molecular complexity index is 1680. The van der Waals surface area contributed by atoms with E-state index < -0.39 is 5.82 Å². The van der Waals surface area contributed by atoms with Crippen LogP contribution in [0.4, 0.5) is 21.5 Å². The number of aryl methyl sites for hydroxylation is 2. The lowest BCUT2D eigenvalue weighted by Crippen LogP contribution is -2.52. The molecule has 0 amide bonds. The van der Waals surface area contributed by atoms with Gasteiger partial charge < -0.3 is 20.8 Å². The van der Waals surface area contributed by atoms with Crippen LogP contribution in [0, 0.1) is 31.0 Å². The number of nitrogens with one attached hydrogen (secondary N) is 4. The number of aromatic nitrogens is 3. The highest BCUT2D eigenvalue weighted by atomic mass is 35.5. The molecule has 40 heavy (non-hydrogen) atoms. The number of benzene rings is 1. The van der Waals surface area contributed by atoms with Crippen LogP contribution in [0.3, 0.4) is 0 Å². The van der Waals surface area contributed by atoms with Crippen molar-refractivity contribution < 1.29 is 9.13 Å². The van der Waals surface area contributed by atoms with Crippen molar-refractivity contribution in [2.45, 2.75) is 25.9 Å². The van der Waals surface area contributed by atoms with Gasteiger partial charge in [-0.1, -0.05) is 17.7 Å². The van der Waals surface area contributed by atoms with Gasteiger partial charge in [0.1, 0.15) is 11.9 Å². The van der Waals surface area contributed by atoms with Crippen molar-refractivity contribution in [1.29, 1.82) is 5.26 Å². The second-order valence-corrected chi connectivity index (χ2v) is 10.0. The maximum absolute atomic E-state index is 14.3. The number of hydrogen-bond donors (Lipinski definition) is 4. The normalized spacial score (nSPS) is 15.7. The number of halogens is 2. The van der Waals surface area contributed by atoms with Gasteiger partial charge in [0.2, 0.25) is 0 Å². The maximum atomic E-state index is 14.3. The van der Waals surface area contributed by atoms with Gasteiger partial charge in [-0.2, -0.15) is 5.26 Å². The number of hydrogen-bond acceptors (Lipinski definition) is 10. The SMILES string of the molecule is Cc1ncc(Nc2c(C#N)cnc3c(Cl)cc(N[C@H](C4=CN(C5COC5)NN4)c4cccnc4C)cc23)cc1F. The third kappa shape index (κ3) is 4.84. The first kappa shape index (κ1) is 25.8. The van der Waals surface area contributed by atoms with E-state index in [0.29, 0.717) is 46.2 Å². The van der Waals surface area contributed by atoms with Crippen LogP contribution in [-0.4, -0.2) is 39.2 Å². The summed E-state index contributed by atoms with van der Waals surface area (Å²) in [5.41, 5.74) is 11.8. The molecule has 1 aromatic carbocycles. The van der Waals surface area contributed by atoms with Gasteiger partial charge in [-0.15, -0.1) is 5.53 Å². The number of hydrazine groups is 2. The van der Waals surface area contributed by atoms with E-state index in [-0.39, 0.29) is 23.3 Å². The van der Waals surface area contributed by atoms with E-state index in [1.807, 2.05) is 36.3 Å². The summed E-state index contributed by atoms with van der Waals surface area (Å²) in [7, 11) is 0. The Morgan fingerprint density at radius 3 is 2.73 bits per heavy atom. The monoisotopic (exact) mass is 557 g/mol. The molecule has 0 saturated carbocycles. The Labute approximate surface area is 234 Å². The van der Waals surface area contributed by atoms with Crippen LogP contribution in [0.25, 0.3) is 10.9 Å². The molecule has 10 nitrogen and oxygen atoms in total. The van der Waals surface area contributed by atoms with Gasteiger partial charge in [0, 0.05) is 47.0 Å². The number of anilines is 3. The van der Waals surface area contributed by atoms with E-state index >= 15 is 0 Å². The lowest BCUT2D eigenvalue weighted by molar-refractivity contribution is -0.0635. The van der Waals surface area contributed by atoms with E-state index in [0.717, 1.165) is 17.0 Å². The standard InChI is InChI=1S/C28H25ClFN9O/c1-15-21(4-3-5-32-15)28(25-12-39(38-37-25)20-13-40-14-20)35-18-6-22-26(36-19-8-24(30)16(2)33-11-19)17(9-31)10-34-27(22)23(29)7-18/h3-8,10-12,20,28,35,37-38H,13-14H2,1-2H3,(H,34,36)/t28-/m0/s1. The molecular formula is C28H25ClFN9O. The Balaban J connectivity index is 1.42. The molecule has 0 spiro atoms. The molecule has 0 radical (unpaired) electrons. The quantitative estimate of drug-likeness (QED) is 0.253. The number of nitriles is 1. The minimum atomic E-state index is -0.453. The Kier molecular flexibility index (Phi) is 6.81. The van der Waals surface area contributed by atoms with Gasteiger partial charge in [-0.25, -0.2) is 4.39 Å². The van der Waals surface area contributed by atoms with Crippen molar-refractivity contribution in [3.8, 4) is 6.07 Å². The number of pyridine rings is 3. The van der Waals surface area contributed by atoms with Gasteiger partial charge in [0.05, 0.1) is 70.4 Å². The van der Waals surface area contributed by atoms with Crippen molar-refractivity contribution in [3.05, 3.63) is 94.2 Å². The molecule has 6 rings (SSSR count). The summed E-state index contributed by atoms with van der Waals surface area (Å²) >= 11 is 6.73. The van der Waals surface area contributed by atoms with Crippen LogP contribution in [0.5, 0.6) is 0 Å². The van der Waals surface area contributed by atoms with Gasteiger partial charge in [0.15, 0.2) is 0 Å². The molecule has 1 atom stereocenters. The van der Waals surface area contributed by atoms with Crippen LogP contribution in [0.15, 0.2) is 60.8 Å². The Morgan fingerprint density at radius 2 is 2.00 bits per heavy atom. The van der Waals surface area contributed by atoms with E-state index in [1.54, 1.807) is 19.2 Å². The fourth-order valence-electron chi connectivity index (χ4n) is 4.64. The number of fused-ring (bicyclic) bond motifs is 1. The largest absolute Gasteiger partial charge is 0.377 e. The predicted molar refractivity (Wildman–Crippen MR) is 150 cm³/mol. The Hall–Kier alpha value is -4.50. The fourth-order valence-corrected chi connectivity index (χ4v) is 4.91. The van der Waals surface area contributed by atoms with Crippen molar-refractivity contribution >= 4 is 39.6 Å². The number of nitrogens with zero attached hydrogens (tertiary/aromatic N) is 5. The molecule has 202 valence electrons. The zero-order chi connectivity index (χ0) is 27.8. The van der Waals surface area contributed by atoms with Gasteiger partial charge in [-0.3, -0.25) is 20.0 Å². The van der Waals surface area contributed by atoms with Gasteiger partial charge in [0.25, 0.3) is 0 Å². The van der Waals surface area contributed by atoms with Crippen LogP contribution in [0.2, 0.25) is 5.02 Å². The molecule has 12 heteroatoms. The second-order valence-electron chi connectivity index (χ2n) is 9.60. The average Bonchev–Trinajstić information content (AvgIpc) is 3.38. The van der Waals surface area contributed by atoms with Crippen LogP contribution < -0.4 is 21.6 Å². The van der Waals surface area contributed by atoms with E-state index in [2.05, 4.69) is 42.6 Å². The summed E-state index contributed by atoms with van der Waals surface area (Å²) in [4.78, 5) is 13.0. The van der Waals surface area contributed by atoms with E-state index in [4.69, 9.17) is 16.3 Å². The lowest BCUT2D eigenvalue weighted by Gasteiger charge is -2.33. The van der Waals surface area contributed by atoms with Crippen LogP contribution in [-0.2, 0) is 4.74 Å². The molecule has 0 bridgehead atoms. The summed E-state index contributed by atoms with van der Waals surface area (Å²) in [6.45, 7) is 4.83. The summed E-state index contributed by atoms with van der Waals surface area (Å²) in [6, 6.07) is 11.0. The van der Waals surface area contributed by atoms with Gasteiger partial charge >= 0.3 is 0 Å². The van der Waals surface area contributed by atoms with Crippen molar-refractivity contribution in [2.75, 3.05) is 23.8 Å². The third-order valence-electron chi connectivity index (χ3n) is 6.94. The molecule has 1 fully saturated rings. The smallest absolute Gasteiger partial charge is 0.146 e. The predicted octanol–water partition coefficient (Wildman–Crippen LogP) is 4.77. The average molecular weight is 558 g/mol. The maximum Gasteiger partial charge on any atom is 0.146 e. The minimum absolute atomic E-state index is 0.237. The lowest BCUT2D eigenvalue weighted by atomic mass is 10.0. The molecule has 3 aromatic heterocycles. The van der Waals surface area contributed by atoms with Crippen molar-refractivity contribution in [2.24, 2.45) is 0 Å². The first-order valence-electron chi connectivity index (χ1n) is 12.6. The third-order valence-corrected chi connectivity index (χ3v) is 7.23. The first-order valence-corrected chi connectivity index (χ1v) is 13.0. The summed E-state index contributed by atoms with van der Waals surface area (Å²) in [5, 5.41) is 19.6. The van der Waals surface area contributed by atoms with Crippen molar-refractivity contribution in [1.82, 2.24) is 30.9 Å². The van der Waals surface area contributed by atoms with Crippen molar-refractivity contribution in [3.63, 3.8) is 0 Å². The molecule has 4 aromatic rings. The topological polar surface area (TPSA) is 123 Å². The Morgan fingerprint density at radius 1 is 1.15 bits per heavy atom. The molecule has 2 aliphatic rings. The zero-order valence-corrected chi connectivity index (χ0v) is 22.4. The molecule has 0 unspecified atom stereocenters. The van der Waals surface area contributed by atoms with Crippen LogP contribution in [0.1, 0.15) is 28.6 Å². The van der Waals surface area contributed by atoms with Gasteiger partial charge in [-0.05, 0) is 32.0 Å². The molecular weight excluding hydrogens is 533 g/mol. The summed E-state index contributed by atoms with van der Waals surface area (Å²) in [5.74, 6) is -0.453. The highest BCUT2D eigenvalue weighted by Crippen LogP contribution is 2.37. The molecule has 0 aliphatic carbocycles. The summed E-state index contributed by atoms with van der Waals surface area (Å²) < 4.78 is 19.6. The molecule has 5 heterocycles. The number of ether oxygens (including phenoxy) is 1. The highest BCUT2D eigenvalue weighted by molar-refractivity contribution is 6.36. The second kappa shape index (κ2) is 10.6. The fraction of sp³-hybridized carbons (Fsp3) is 0.214. The summed E-state index contributed by atoms with van der Waals surface area (Å²) in [6.07, 6.45) is 6.73. The zero-order valence-electron chi connectivity index (χ0n) is 21.7. The minimum Gasteiger partial charge on any atom is -0.377 e. The molecule has 4 N–H and O–H groups in total. The molecule has 2 aliphatic heterocycles. The number of rotatable bonds is 7. The van der Waals surface area contributed by atoms with E-state index in [1.165, 1.54) is 18.5 Å². The van der Waals surface area contributed by atoms with Crippen LogP contribution >= 0.6 is 11.6 Å². The highest BCUT2D eigenvalue weighted by Gasteiger charge is 2.31. The first-order chi connectivity index (χ1) is 19.4. The van der Waals surface area contributed by atoms with E-state index in [9.17, 15) is 9.65 Å².